The largest absolute Gasteiger partial charge is 0.480 e. The predicted octanol–water partition coefficient (Wildman–Crippen LogP) is -1.81. The summed E-state index contributed by atoms with van der Waals surface area (Å²) in [6.07, 6.45) is 0.344. The molecule has 0 bridgehead atoms. The minimum Gasteiger partial charge on any atom is -0.480 e. The van der Waals surface area contributed by atoms with Crippen molar-refractivity contribution in [3.8, 4) is 0 Å². The van der Waals surface area contributed by atoms with Gasteiger partial charge in [-0.1, -0.05) is 0 Å². The van der Waals surface area contributed by atoms with Crippen molar-refractivity contribution >= 4 is 5.97 Å². The van der Waals surface area contributed by atoms with E-state index >= 15 is 0 Å². The first kappa shape index (κ1) is 6.09. The van der Waals surface area contributed by atoms with Gasteiger partial charge in [0.2, 0.25) is 0 Å². The van der Waals surface area contributed by atoms with Crippen LogP contribution in [0.15, 0.2) is 0 Å². The standard InChI is InChI=1S/C5H9N3O2/c1-8(2-3(9)10)5-4(6-5)7-5/h4,6-7H,2H2,1H3,(H,9,10)/t4-,5+. The Labute approximate surface area is 58.0 Å². The maximum absolute atomic E-state index is 10.2. The number of likely N-dealkylation sites (N-methyl/N-ethyl adjacent to an activating group) is 1. The monoisotopic (exact) mass is 143 g/mol. The second-order valence-corrected chi connectivity index (χ2v) is 2.74. The van der Waals surface area contributed by atoms with Crippen LogP contribution in [0, 0.1) is 0 Å². The van der Waals surface area contributed by atoms with Crippen LogP contribution in [-0.4, -0.2) is 41.5 Å². The van der Waals surface area contributed by atoms with Crippen LogP contribution >= 0.6 is 0 Å². The topological polar surface area (TPSA) is 84.4 Å². The average Bonchev–Trinajstić information content (AvgIpc) is 2.41. The van der Waals surface area contributed by atoms with Crippen LogP contribution in [0.5, 0.6) is 0 Å². The highest BCUT2D eigenvalue weighted by Gasteiger charge is 2.73. The van der Waals surface area contributed by atoms with Crippen molar-refractivity contribution in [1.29, 1.82) is 0 Å². The quantitative estimate of drug-likeness (QED) is 0.405. The van der Waals surface area contributed by atoms with Crippen LogP contribution in [0.1, 0.15) is 0 Å². The fourth-order valence-corrected chi connectivity index (χ4v) is 1.13. The second-order valence-electron chi connectivity index (χ2n) is 2.74. The molecule has 0 atom stereocenters. The molecule has 0 aromatic rings. The molecule has 2 saturated heterocycles. The third kappa shape index (κ3) is 0.650. The number of rotatable bonds is 3. The zero-order valence-electron chi connectivity index (χ0n) is 5.59. The molecule has 3 N–H and O–H groups in total. The molecule has 2 heterocycles. The van der Waals surface area contributed by atoms with Crippen LogP contribution in [0.4, 0.5) is 0 Å². The fraction of sp³-hybridized carbons (Fsp3) is 0.800. The van der Waals surface area contributed by atoms with Crippen LogP contribution in [0.3, 0.4) is 0 Å². The molecule has 0 aromatic carbocycles. The molecule has 5 heteroatoms. The number of aliphatic carboxylic acids is 1. The number of carbonyl (C=O) groups is 1. The van der Waals surface area contributed by atoms with Crippen LogP contribution in [-0.2, 0) is 4.79 Å². The van der Waals surface area contributed by atoms with Crippen molar-refractivity contribution in [2.75, 3.05) is 13.6 Å². The average molecular weight is 143 g/mol. The van der Waals surface area contributed by atoms with Gasteiger partial charge in [-0.2, -0.15) is 0 Å². The SMILES string of the molecule is CN(CC(=O)O)[C@]12N[C@@H]1N2. The van der Waals surface area contributed by atoms with E-state index in [1.54, 1.807) is 11.9 Å². The lowest BCUT2D eigenvalue weighted by atomic mass is 10.5. The van der Waals surface area contributed by atoms with E-state index in [2.05, 4.69) is 10.6 Å². The number of nitrogens with one attached hydrogen (secondary N) is 2. The lowest BCUT2D eigenvalue weighted by molar-refractivity contribution is -0.138. The fourth-order valence-electron chi connectivity index (χ4n) is 1.13. The third-order valence-corrected chi connectivity index (χ3v) is 1.95. The van der Waals surface area contributed by atoms with E-state index in [-0.39, 0.29) is 12.3 Å². The Kier molecular flexibility index (Phi) is 0.912. The minimum absolute atomic E-state index is 0.0799. The van der Waals surface area contributed by atoms with Gasteiger partial charge in [-0.25, -0.2) is 0 Å². The summed E-state index contributed by atoms with van der Waals surface area (Å²) in [4.78, 5) is 12.0. The van der Waals surface area contributed by atoms with Gasteiger partial charge in [0.15, 0.2) is 5.79 Å². The van der Waals surface area contributed by atoms with E-state index in [0.29, 0.717) is 6.17 Å². The Balaban J connectivity index is 1.88. The highest BCUT2D eigenvalue weighted by atomic mass is 16.4. The molecule has 0 amide bonds. The van der Waals surface area contributed by atoms with Crippen molar-refractivity contribution in [2.45, 2.75) is 12.0 Å². The van der Waals surface area contributed by atoms with Gasteiger partial charge in [0.05, 0.1) is 6.54 Å². The van der Waals surface area contributed by atoms with Crippen molar-refractivity contribution in [2.24, 2.45) is 0 Å². The Bertz CT molecular complexity index is 187. The number of hydrogen-bond donors (Lipinski definition) is 3. The lowest BCUT2D eigenvalue weighted by Gasteiger charge is -2.15. The molecule has 2 aliphatic rings. The number of nitrogens with zero attached hydrogens (tertiary/aromatic N) is 1. The van der Waals surface area contributed by atoms with Gasteiger partial charge >= 0.3 is 5.97 Å². The van der Waals surface area contributed by atoms with Gasteiger partial charge in [0.25, 0.3) is 0 Å². The third-order valence-electron chi connectivity index (χ3n) is 1.95. The minimum atomic E-state index is -0.793. The van der Waals surface area contributed by atoms with E-state index in [1.165, 1.54) is 0 Å². The van der Waals surface area contributed by atoms with Crippen LogP contribution in [0.2, 0.25) is 0 Å². The molecule has 2 aliphatic heterocycles. The maximum atomic E-state index is 10.2. The summed E-state index contributed by atoms with van der Waals surface area (Å²) in [5, 5.41) is 14.5. The van der Waals surface area contributed by atoms with Gasteiger partial charge in [-0.15, -0.1) is 0 Å². The number of carboxylic acids is 1. The van der Waals surface area contributed by atoms with Gasteiger partial charge in [0.1, 0.15) is 6.17 Å². The van der Waals surface area contributed by atoms with Gasteiger partial charge in [0, 0.05) is 0 Å². The number of fused-ring (bicyclic) bond motifs is 1. The van der Waals surface area contributed by atoms with E-state index in [0.717, 1.165) is 0 Å². The molecule has 56 valence electrons. The Morgan fingerprint density at radius 1 is 1.80 bits per heavy atom. The zero-order valence-corrected chi connectivity index (χ0v) is 5.59. The van der Waals surface area contributed by atoms with Crippen molar-refractivity contribution in [1.82, 2.24) is 15.5 Å². The summed E-state index contributed by atoms with van der Waals surface area (Å²) in [5.41, 5.74) is 0. The molecule has 0 aromatic heterocycles. The smallest absolute Gasteiger partial charge is 0.317 e. The molecular formula is C5H9N3O2. The molecule has 10 heavy (non-hydrogen) atoms. The molecule has 0 radical (unpaired) electrons. The molecule has 0 aliphatic carbocycles. The number of carboxylic acid groups (broad SMARTS) is 1. The molecule has 0 spiro atoms. The molecule has 0 unspecified atom stereocenters. The van der Waals surface area contributed by atoms with E-state index in [1.807, 2.05) is 0 Å². The van der Waals surface area contributed by atoms with Gasteiger partial charge in [-0.05, 0) is 7.05 Å². The molecule has 0 saturated carbocycles. The first-order chi connectivity index (χ1) is 4.65. The second kappa shape index (κ2) is 1.50. The summed E-state index contributed by atoms with van der Waals surface area (Å²) < 4.78 is 0. The predicted molar refractivity (Wildman–Crippen MR) is 33.1 cm³/mol. The van der Waals surface area contributed by atoms with Crippen LogP contribution in [0.25, 0.3) is 0 Å². The first-order valence-electron chi connectivity index (χ1n) is 3.13. The van der Waals surface area contributed by atoms with Crippen molar-refractivity contribution in [3.63, 3.8) is 0 Å². The Morgan fingerprint density at radius 2 is 2.30 bits per heavy atom. The molecular weight excluding hydrogens is 134 g/mol. The van der Waals surface area contributed by atoms with Gasteiger partial charge < -0.3 is 5.11 Å². The summed E-state index contributed by atoms with van der Waals surface area (Å²) in [7, 11) is 1.78. The lowest BCUT2D eigenvalue weighted by Crippen LogP contribution is -2.42. The number of hydrogen-bond acceptors (Lipinski definition) is 4. The van der Waals surface area contributed by atoms with Crippen molar-refractivity contribution < 1.29 is 9.90 Å². The molecule has 2 fully saturated rings. The highest BCUT2D eigenvalue weighted by Crippen LogP contribution is 2.39. The van der Waals surface area contributed by atoms with Crippen LogP contribution < -0.4 is 10.6 Å². The Morgan fingerprint density at radius 3 is 2.60 bits per heavy atom. The summed E-state index contributed by atoms with van der Waals surface area (Å²) in [5.74, 6) is -0.934. The summed E-state index contributed by atoms with van der Waals surface area (Å²) in [6.45, 7) is 0.0799. The Hall–Kier alpha value is -0.650. The van der Waals surface area contributed by atoms with E-state index in [9.17, 15) is 4.79 Å². The highest BCUT2D eigenvalue weighted by molar-refractivity contribution is 5.69. The summed E-state index contributed by atoms with van der Waals surface area (Å²) in [6, 6.07) is 0. The van der Waals surface area contributed by atoms with Gasteiger partial charge in [-0.3, -0.25) is 20.3 Å². The van der Waals surface area contributed by atoms with E-state index in [4.69, 9.17) is 5.11 Å². The van der Waals surface area contributed by atoms with Crippen molar-refractivity contribution in [3.05, 3.63) is 0 Å². The first-order valence-corrected chi connectivity index (χ1v) is 3.13. The molecule has 5 nitrogen and oxygen atoms in total. The normalized spacial score (nSPS) is 41.2. The zero-order chi connectivity index (χ0) is 7.35. The molecule has 2 rings (SSSR count). The maximum Gasteiger partial charge on any atom is 0.317 e. The summed E-state index contributed by atoms with van der Waals surface area (Å²) >= 11 is 0. The van der Waals surface area contributed by atoms with E-state index < -0.39 is 5.97 Å².